The quantitative estimate of drug-likeness (QED) is 0.387. The summed E-state index contributed by atoms with van der Waals surface area (Å²) in [6.45, 7) is 9.13. The topological polar surface area (TPSA) is 49.3 Å². The van der Waals surface area contributed by atoms with Crippen LogP contribution in [0.5, 0.6) is 0 Å². The van der Waals surface area contributed by atoms with Gasteiger partial charge in [0.1, 0.15) is 0 Å². The van der Waals surface area contributed by atoms with Gasteiger partial charge in [-0.1, -0.05) is 20.3 Å². The number of hydrogen-bond donors (Lipinski definition) is 2. The average molecular weight is 436 g/mol. The molecule has 1 aliphatic rings. The van der Waals surface area contributed by atoms with Crippen molar-refractivity contribution in [2.24, 2.45) is 10.4 Å². The number of halogens is 1. The van der Waals surface area contributed by atoms with Crippen molar-refractivity contribution in [3.8, 4) is 0 Å². The SMILES string of the molecule is CCNC(=NCc1csc(CC)n1)NCC1(CC)CCC1.I. The molecule has 1 saturated carbocycles. The highest BCUT2D eigenvalue weighted by molar-refractivity contribution is 14.0. The zero-order valence-corrected chi connectivity index (χ0v) is 17.1. The monoisotopic (exact) mass is 436 g/mol. The summed E-state index contributed by atoms with van der Waals surface area (Å²) in [6, 6.07) is 0. The molecule has 0 atom stereocenters. The summed E-state index contributed by atoms with van der Waals surface area (Å²) in [5.41, 5.74) is 1.58. The van der Waals surface area contributed by atoms with Gasteiger partial charge in [0.05, 0.1) is 17.2 Å². The van der Waals surface area contributed by atoms with Crippen LogP contribution in [0.1, 0.15) is 57.2 Å². The third kappa shape index (κ3) is 5.37. The normalized spacial score (nSPS) is 16.6. The van der Waals surface area contributed by atoms with Gasteiger partial charge in [-0.25, -0.2) is 9.98 Å². The lowest BCUT2D eigenvalue weighted by Gasteiger charge is -2.41. The summed E-state index contributed by atoms with van der Waals surface area (Å²) in [4.78, 5) is 9.23. The fraction of sp³-hybridized carbons (Fsp3) is 0.750. The number of aliphatic imine (C=N–C) groups is 1. The fourth-order valence-corrected chi connectivity index (χ4v) is 3.43. The molecule has 22 heavy (non-hydrogen) atoms. The largest absolute Gasteiger partial charge is 0.357 e. The first-order valence-corrected chi connectivity index (χ1v) is 9.04. The zero-order valence-electron chi connectivity index (χ0n) is 13.9. The van der Waals surface area contributed by atoms with Gasteiger partial charge < -0.3 is 10.6 Å². The van der Waals surface area contributed by atoms with Crippen LogP contribution in [-0.2, 0) is 13.0 Å². The van der Waals surface area contributed by atoms with Crippen LogP contribution in [0.25, 0.3) is 0 Å². The first-order valence-electron chi connectivity index (χ1n) is 8.17. The van der Waals surface area contributed by atoms with E-state index in [0.29, 0.717) is 12.0 Å². The third-order valence-electron chi connectivity index (χ3n) is 4.44. The van der Waals surface area contributed by atoms with Gasteiger partial charge in [0.25, 0.3) is 0 Å². The highest BCUT2D eigenvalue weighted by Gasteiger charge is 2.34. The lowest BCUT2D eigenvalue weighted by molar-refractivity contribution is 0.131. The summed E-state index contributed by atoms with van der Waals surface area (Å²) in [6.07, 6.45) is 6.34. The molecule has 0 spiro atoms. The average Bonchev–Trinajstić information content (AvgIpc) is 2.92. The Bertz CT molecular complexity index is 463. The van der Waals surface area contributed by atoms with Crippen LogP contribution < -0.4 is 10.6 Å². The molecule has 1 aliphatic carbocycles. The number of thiazole rings is 1. The highest BCUT2D eigenvalue weighted by Crippen LogP contribution is 2.42. The number of aromatic nitrogens is 1. The van der Waals surface area contributed by atoms with Gasteiger partial charge in [-0.3, -0.25) is 0 Å². The molecule has 2 N–H and O–H groups in total. The van der Waals surface area contributed by atoms with Gasteiger partial charge in [0.2, 0.25) is 0 Å². The minimum absolute atomic E-state index is 0. The maximum Gasteiger partial charge on any atom is 0.191 e. The zero-order chi connectivity index (χ0) is 15.1. The van der Waals surface area contributed by atoms with E-state index >= 15 is 0 Å². The summed E-state index contributed by atoms with van der Waals surface area (Å²) >= 11 is 1.73. The van der Waals surface area contributed by atoms with Gasteiger partial charge in [-0.15, -0.1) is 35.3 Å². The Hall–Kier alpha value is -0.370. The Balaban J connectivity index is 0.00000242. The first kappa shape index (κ1) is 19.7. The molecule has 0 bridgehead atoms. The summed E-state index contributed by atoms with van der Waals surface area (Å²) < 4.78 is 0. The molecule has 126 valence electrons. The van der Waals surface area contributed by atoms with E-state index in [4.69, 9.17) is 0 Å². The predicted molar refractivity (Wildman–Crippen MR) is 106 cm³/mol. The van der Waals surface area contributed by atoms with Crippen LogP contribution in [0, 0.1) is 5.41 Å². The van der Waals surface area contributed by atoms with Crippen molar-refractivity contribution in [3.05, 3.63) is 16.1 Å². The van der Waals surface area contributed by atoms with E-state index in [1.807, 2.05) is 0 Å². The molecule has 0 aromatic carbocycles. The van der Waals surface area contributed by atoms with Crippen LogP contribution in [0.15, 0.2) is 10.4 Å². The summed E-state index contributed by atoms with van der Waals surface area (Å²) in [5.74, 6) is 0.920. The second-order valence-corrected chi connectivity index (χ2v) is 6.78. The van der Waals surface area contributed by atoms with Gasteiger partial charge >= 0.3 is 0 Å². The number of nitrogens with one attached hydrogen (secondary N) is 2. The van der Waals surface area contributed by atoms with Crippen molar-refractivity contribution in [3.63, 3.8) is 0 Å². The van der Waals surface area contributed by atoms with E-state index in [2.05, 4.69) is 46.8 Å². The fourth-order valence-electron chi connectivity index (χ4n) is 2.69. The number of rotatable bonds is 7. The number of guanidine groups is 1. The Morgan fingerprint density at radius 3 is 2.59 bits per heavy atom. The van der Waals surface area contributed by atoms with Crippen molar-refractivity contribution in [1.29, 1.82) is 0 Å². The smallest absolute Gasteiger partial charge is 0.191 e. The van der Waals surface area contributed by atoms with Crippen molar-refractivity contribution < 1.29 is 0 Å². The summed E-state index contributed by atoms with van der Waals surface area (Å²) in [5, 5.41) is 10.2. The van der Waals surface area contributed by atoms with E-state index in [9.17, 15) is 0 Å². The van der Waals surface area contributed by atoms with Crippen molar-refractivity contribution in [1.82, 2.24) is 15.6 Å². The maximum absolute atomic E-state index is 4.67. The van der Waals surface area contributed by atoms with Gasteiger partial charge in [0, 0.05) is 18.5 Å². The molecule has 6 heteroatoms. The Kier molecular flexibility index (Phi) is 8.67. The molecule has 1 heterocycles. The van der Waals surface area contributed by atoms with Crippen LogP contribution in [0.2, 0.25) is 0 Å². The first-order chi connectivity index (χ1) is 10.2. The van der Waals surface area contributed by atoms with Gasteiger partial charge in [-0.2, -0.15) is 0 Å². The molecule has 0 aliphatic heterocycles. The molecule has 1 aromatic rings. The maximum atomic E-state index is 4.67. The molecular weight excluding hydrogens is 407 g/mol. The lowest BCUT2D eigenvalue weighted by atomic mass is 9.67. The minimum Gasteiger partial charge on any atom is -0.357 e. The van der Waals surface area contributed by atoms with Crippen molar-refractivity contribution >= 4 is 41.3 Å². The molecule has 1 fully saturated rings. The third-order valence-corrected chi connectivity index (χ3v) is 5.48. The predicted octanol–water partition coefficient (Wildman–Crippen LogP) is 3.96. The van der Waals surface area contributed by atoms with E-state index in [1.165, 1.54) is 30.7 Å². The molecule has 0 unspecified atom stereocenters. The molecule has 0 saturated heterocycles. The van der Waals surface area contributed by atoms with E-state index < -0.39 is 0 Å². The van der Waals surface area contributed by atoms with E-state index in [1.54, 1.807) is 11.3 Å². The second kappa shape index (κ2) is 9.70. The summed E-state index contributed by atoms with van der Waals surface area (Å²) in [7, 11) is 0. The van der Waals surface area contributed by atoms with Crippen molar-refractivity contribution in [2.75, 3.05) is 13.1 Å². The number of aryl methyl sites for hydroxylation is 1. The molecule has 1 aromatic heterocycles. The molecular formula is C16H29IN4S. The Morgan fingerprint density at radius 2 is 2.09 bits per heavy atom. The highest BCUT2D eigenvalue weighted by atomic mass is 127. The molecule has 2 rings (SSSR count). The van der Waals surface area contributed by atoms with Crippen molar-refractivity contribution in [2.45, 2.75) is 59.4 Å². The lowest BCUT2D eigenvalue weighted by Crippen LogP contribution is -2.46. The standard InChI is InChI=1S/C16H28N4S.HI/c1-4-14-20-13(11-21-14)10-18-15(17-6-3)19-12-16(5-2)8-7-9-16;/h11H,4-10,12H2,1-3H3,(H2,17,18,19);1H. The number of nitrogens with zero attached hydrogens (tertiary/aromatic N) is 2. The Morgan fingerprint density at radius 1 is 1.32 bits per heavy atom. The molecule has 0 radical (unpaired) electrons. The number of hydrogen-bond acceptors (Lipinski definition) is 3. The Labute approximate surface area is 155 Å². The minimum atomic E-state index is 0. The molecule has 4 nitrogen and oxygen atoms in total. The van der Waals surface area contributed by atoms with E-state index in [0.717, 1.165) is 31.2 Å². The van der Waals surface area contributed by atoms with E-state index in [-0.39, 0.29) is 24.0 Å². The van der Waals surface area contributed by atoms with Gasteiger partial charge in [0.15, 0.2) is 5.96 Å². The van der Waals surface area contributed by atoms with Gasteiger partial charge in [-0.05, 0) is 38.0 Å². The second-order valence-electron chi connectivity index (χ2n) is 5.84. The van der Waals surface area contributed by atoms with Crippen LogP contribution in [0.3, 0.4) is 0 Å². The van der Waals surface area contributed by atoms with Crippen LogP contribution in [-0.4, -0.2) is 24.0 Å². The molecule has 0 amide bonds. The van der Waals surface area contributed by atoms with Crippen LogP contribution in [0.4, 0.5) is 0 Å². The van der Waals surface area contributed by atoms with Crippen LogP contribution >= 0.6 is 35.3 Å².